The molecule has 1 heterocycles. The Bertz CT molecular complexity index is 971. The molecule has 5 nitrogen and oxygen atoms in total. The average Bonchev–Trinajstić information content (AvgIpc) is 2.77. The zero-order chi connectivity index (χ0) is 19.8. The molecule has 138 valence electrons. The zero-order valence-electron chi connectivity index (χ0n) is 15.2. The molecule has 0 fully saturated rings. The summed E-state index contributed by atoms with van der Waals surface area (Å²) in [5, 5.41) is 28.3. The molecule has 0 radical (unpaired) electrons. The fraction of sp³-hybridized carbons (Fsp3) is 0.174. The highest BCUT2D eigenvalue weighted by molar-refractivity contribution is 5.68. The molecule has 28 heavy (non-hydrogen) atoms. The lowest BCUT2D eigenvalue weighted by atomic mass is 10.0. The highest BCUT2D eigenvalue weighted by Gasteiger charge is 2.07. The number of nitriles is 2. The minimum absolute atomic E-state index is 0.210. The first-order valence-corrected chi connectivity index (χ1v) is 8.93. The highest BCUT2D eigenvalue weighted by atomic mass is 16.5. The Hall–Kier alpha value is -3.67. The molecule has 1 atom stereocenters. The van der Waals surface area contributed by atoms with Crippen LogP contribution >= 0.6 is 0 Å². The van der Waals surface area contributed by atoms with Crippen LogP contribution in [-0.2, 0) is 6.42 Å². The van der Waals surface area contributed by atoms with Crippen LogP contribution < -0.4 is 4.74 Å². The maximum Gasteiger partial charge on any atom is 0.119 e. The fourth-order valence-corrected chi connectivity index (χ4v) is 2.82. The molecule has 5 heteroatoms. The number of rotatable bonds is 7. The van der Waals surface area contributed by atoms with Crippen LogP contribution in [-0.4, -0.2) is 22.8 Å². The number of aromatic nitrogens is 1. The van der Waals surface area contributed by atoms with Crippen LogP contribution in [0.1, 0.15) is 23.1 Å². The summed E-state index contributed by atoms with van der Waals surface area (Å²) in [4.78, 5) is 4.06. The molecule has 0 aliphatic heterocycles. The second-order valence-corrected chi connectivity index (χ2v) is 6.41. The van der Waals surface area contributed by atoms with Crippen molar-refractivity contribution in [3.05, 3.63) is 83.7 Å². The maximum atomic E-state index is 10.1. The lowest BCUT2D eigenvalue weighted by Gasteiger charge is -2.13. The van der Waals surface area contributed by atoms with Gasteiger partial charge in [-0.2, -0.15) is 10.5 Å². The summed E-state index contributed by atoms with van der Waals surface area (Å²) in [6, 6.07) is 20.4. The number of aliphatic hydroxyl groups excluding tert-OH is 1. The van der Waals surface area contributed by atoms with Crippen molar-refractivity contribution in [3.63, 3.8) is 0 Å². The lowest BCUT2D eigenvalue weighted by Crippen LogP contribution is -2.18. The number of pyridine rings is 1. The Morgan fingerprint density at radius 2 is 1.68 bits per heavy atom. The number of ether oxygens (including phenoxy) is 1. The minimum Gasteiger partial charge on any atom is -0.491 e. The van der Waals surface area contributed by atoms with E-state index >= 15 is 0 Å². The predicted molar refractivity (Wildman–Crippen MR) is 105 cm³/mol. The van der Waals surface area contributed by atoms with Crippen LogP contribution in [0.25, 0.3) is 11.1 Å². The Kier molecular flexibility index (Phi) is 6.36. The van der Waals surface area contributed by atoms with Gasteiger partial charge in [-0.3, -0.25) is 4.98 Å². The second-order valence-electron chi connectivity index (χ2n) is 6.41. The van der Waals surface area contributed by atoms with Gasteiger partial charge in [0.2, 0.25) is 0 Å². The normalized spacial score (nSPS) is 11.2. The van der Waals surface area contributed by atoms with Crippen molar-refractivity contribution >= 4 is 0 Å². The molecule has 0 bridgehead atoms. The second kappa shape index (κ2) is 9.32. The van der Waals surface area contributed by atoms with Crippen molar-refractivity contribution in [2.45, 2.75) is 18.9 Å². The summed E-state index contributed by atoms with van der Waals surface area (Å²) >= 11 is 0. The van der Waals surface area contributed by atoms with E-state index < -0.39 is 6.10 Å². The van der Waals surface area contributed by atoms with E-state index in [1.165, 1.54) is 0 Å². The van der Waals surface area contributed by atoms with Gasteiger partial charge < -0.3 is 9.84 Å². The van der Waals surface area contributed by atoms with Gasteiger partial charge in [-0.25, -0.2) is 0 Å². The Morgan fingerprint density at radius 1 is 0.964 bits per heavy atom. The van der Waals surface area contributed by atoms with Gasteiger partial charge in [-0.15, -0.1) is 0 Å². The SMILES string of the molecule is N#Cc1cc(C#N)cc(-c2ccc(OC[C@@H](O)CCc3cccnc3)cc2)c1. The number of nitrogens with zero attached hydrogens (tertiary/aromatic N) is 3. The Morgan fingerprint density at radius 3 is 2.29 bits per heavy atom. The number of aliphatic hydroxyl groups is 1. The standard InChI is InChI=1S/C23H19N3O2/c24-13-18-10-19(14-25)12-21(11-18)20-4-7-23(8-5-20)28-16-22(27)6-3-17-2-1-9-26-15-17/h1-2,4-5,7-12,15,22,27H,3,6,16H2/t22-/m0/s1. The van der Waals surface area contributed by atoms with Crippen molar-refractivity contribution in [2.24, 2.45) is 0 Å². The third-order valence-corrected chi connectivity index (χ3v) is 4.31. The molecular weight excluding hydrogens is 350 g/mol. The molecule has 3 rings (SSSR count). The van der Waals surface area contributed by atoms with Crippen LogP contribution in [0.2, 0.25) is 0 Å². The Balaban J connectivity index is 1.57. The molecule has 1 aromatic heterocycles. The molecule has 1 N–H and O–H groups in total. The molecule has 0 spiro atoms. The van der Waals surface area contributed by atoms with Crippen molar-refractivity contribution in [3.8, 4) is 29.0 Å². The van der Waals surface area contributed by atoms with Crippen LogP contribution in [0.3, 0.4) is 0 Å². The largest absolute Gasteiger partial charge is 0.491 e. The first kappa shape index (κ1) is 19.1. The molecule has 3 aromatic rings. The van der Waals surface area contributed by atoms with E-state index in [9.17, 15) is 5.11 Å². The molecule has 0 aliphatic rings. The topological polar surface area (TPSA) is 89.9 Å². The summed E-state index contributed by atoms with van der Waals surface area (Å²) in [6.07, 6.45) is 4.30. The molecule has 0 saturated heterocycles. The molecule has 0 amide bonds. The van der Waals surface area contributed by atoms with Crippen molar-refractivity contribution in [2.75, 3.05) is 6.61 Å². The predicted octanol–water partition coefficient (Wildman–Crippen LogP) is 3.86. The number of hydrogen-bond donors (Lipinski definition) is 1. The van der Waals surface area contributed by atoms with Gasteiger partial charge in [0.1, 0.15) is 12.4 Å². The molecule has 0 saturated carbocycles. The van der Waals surface area contributed by atoms with Gasteiger partial charge in [0.05, 0.1) is 29.4 Å². The third kappa shape index (κ3) is 5.17. The first-order valence-electron chi connectivity index (χ1n) is 8.93. The molecule has 0 aliphatic carbocycles. The van der Waals surface area contributed by atoms with Crippen LogP contribution in [0.5, 0.6) is 5.75 Å². The number of aryl methyl sites for hydroxylation is 1. The smallest absolute Gasteiger partial charge is 0.119 e. The number of hydrogen-bond acceptors (Lipinski definition) is 5. The quantitative estimate of drug-likeness (QED) is 0.683. The van der Waals surface area contributed by atoms with Gasteiger partial charge in [0.15, 0.2) is 0 Å². The van der Waals surface area contributed by atoms with Crippen molar-refractivity contribution in [1.29, 1.82) is 10.5 Å². The van der Waals surface area contributed by atoms with E-state index in [0.717, 1.165) is 23.1 Å². The zero-order valence-corrected chi connectivity index (χ0v) is 15.2. The summed E-state index contributed by atoms with van der Waals surface area (Å²) in [6.45, 7) is 0.210. The number of benzene rings is 2. The summed E-state index contributed by atoms with van der Waals surface area (Å²) in [7, 11) is 0. The van der Waals surface area contributed by atoms with Crippen LogP contribution in [0.15, 0.2) is 67.0 Å². The van der Waals surface area contributed by atoms with E-state index in [2.05, 4.69) is 17.1 Å². The molecule has 0 unspecified atom stereocenters. The van der Waals surface area contributed by atoms with Crippen LogP contribution in [0.4, 0.5) is 0 Å². The lowest BCUT2D eigenvalue weighted by molar-refractivity contribution is 0.100. The van der Waals surface area contributed by atoms with Crippen molar-refractivity contribution in [1.82, 2.24) is 4.98 Å². The highest BCUT2D eigenvalue weighted by Crippen LogP contribution is 2.25. The summed E-state index contributed by atoms with van der Waals surface area (Å²) in [5.74, 6) is 0.654. The monoisotopic (exact) mass is 369 g/mol. The first-order chi connectivity index (χ1) is 13.7. The molecule has 2 aromatic carbocycles. The fourth-order valence-electron chi connectivity index (χ4n) is 2.82. The van der Waals surface area contributed by atoms with Gasteiger partial charge in [0, 0.05) is 12.4 Å². The van der Waals surface area contributed by atoms with E-state index in [4.69, 9.17) is 15.3 Å². The van der Waals surface area contributed by atoms with Gasteiger partial charge in [-0.1, -0.05) is 18.2 Å². The summed E-state index contributed by atoms with van der Waals surface area (Å²) in [5.41, 5.74) is 3.68. The van der Waals surface area contributed by atoms with Gasteiger partial charge in [-0.05, 0) is 65.9 Å². The van der Waals surface area contributed by atoms with E-state index in [-0.39, 0.29) is 6.61 Å². The maximum absolute atomic E-state index is 10.1. The van der Waals surface area contributed by atoms with E-state index in [0.29, 0.717) is 23.3 Å². The van der Waals surface area contributed by atoms with E-state index in [1.54, 1.807) is 30.6 Å². The van der Waals surface area contributed by atoms with Gasteiger partial charge in [0.25, 0.3) is 0 Å². The van der Waals surface area contributed by atoms with Gasteiger partial charge >= 0.3 is 0 Å². The minimum atomic E-state index is -0.564. The Labute approximate surface area is 164 Å². The molecular formula is C23H19N3O2. The van der Waals surface area contributed by atoms with E-state index in [1.807, 2.05) is 36.4 Å². The van der Waals surface area contributed by atoms with Crippen molar-refractivity contribution < 1.29 is 9.84 Å². The average molecular weight is 369 g/mol. The van der Waals surface area contributed by atoms with Crippen LogP contribution in [0, 0.1) is 22.7 Å². The third-order valence-electron chi connectivity index (χ3n) is 4.31. The summed E-state index contributed by atoms with van der Waals surface area (Å²) < 4.78 is 5.67.